The highest BCUT2D eigenvalue weighted by molar-refractivity contribution is 6.04. The molecular weight excluding hydrogens is 220 g/mol. The van der Waals surface area contributed by atoms with E-state index in [9.17, 15) is 9.59 Å². The van der Waals surface area contributed by atoms with E-state index in [4.69, 9.17) is 4.74 Å². The topological polar surface area (TPSA) is 72.1 Å². The maximum atomic E-state index is 11.3. The molecule has 1 heterocycles. The molecule has 17 heavy (non-hydrogen) atoms. The number of ether oxygens (including phenoxy) is 1. The molecule has 0 amide bonds. The van der Waals surface area contributed by atoms with Gasteiger partial charge in [0, 0.05) is 19.2 Å². The number of esters is 1. The number of ketones is 1. The minimum Gasteiger partial charge on any atom is -0.461 e. The van der Waals surface area contributed by atoms with Crippen LogP contribution in [0, 0.1) is 0 Å². The molecule has 0 saturated carbocycles. The first-order valence-corrected chi connectivity index (χ1v) is 5.19. The third kappa shape index (κ3) is 2.33. The summed E-state index contributed by atoms with van der Waals surface area (Å²) in [4.78, 5) is 22.0. The van der Waals surface area contributed by atoms with Crippen molar-refractivity contribution in [1.29, 1.82) is 0 Å². The summed E-state index contributed by atoms with van der Waals surface area (Å²) in [6, 6.07) is 5.44. The maximum Gasteiger partial charge on any atom is 0.302 e. The summed E-state index contributed by atoms with van der Waals surface area (Å²) in [6.45, 7) is 3.03. The molecule has 2 aromatic rings. The van der Waals surface area contributed by atoms with Gasteiger partial charge in [-0.25, -0.2) is 0 Å². The second-order valence-electron chi connectivity index (χ2n) is 3.79. The van der Waals surface area contributed by atoms with Gasteiger partial charge in [0.05, 0.1) is 5.52 Å². The number of benzene rings is 1. The fraction of sp³-hybridized carbons (Fsp3) is 0.250. The maximum absolute atomic E-state index is 11.3. The van der Waals surface area contributed by atoms with Crippen molar-refractivity contribution in [2.75, 3.05) is 0 Å². The van der Waals surface area contributed by atoms with Gasteiger partial charge in [-0.15, -0.1) is 0 Å². The molecule has 0 aliphatic rings. The first kappa shape index (κ1) is 11.3. The highest BCUT2D eigenvalue weighted by Crippen LogP contribution is 2.18. The summed E-state index contributed by atoms with van der Waals surface area (Å²) in [5.41, 5.74) is 2.03. The summed E-state index contributed by atoms with van der Waals surface area (Å²) < 4.78 is 4.90. The van der Waals surface area contributed by atoms with Crippen LogP contribution in [-0.2, 0) is 16.1 Å². The quantitative estimate of drug-likeness (QED) is 0.647. The van der Waals surface area contributed by atoms with Crippen molar-refractivity contribution in [1.82, 2.24) is 10.2 Å². The number of hydrogen-bond donors (Lipinski definition) is 1. The van der Waals surface area contributed by atoms with Crippen molar-refractivity contribution in [3.8, 4) is 0 Å². The zero-order chi connectivity index (χ0) is 12.4. The SMILES string of the molecule is CC(=O)OCc1ccc2[nH]nc(C(C)=O)c2c1. The van der Waals surface area contributed by atoms with Crippen molar-refractivity contribution in [3.63, 3.8) is 0 Å². The molecule has 0 spiro atoms. The molecule has 1 aromatic carbocycles. The monoisotopic (exact) mass is 232 g/mol. The van der Waals surface area contributed by atoms with E-state index in [1.807, 2.05) is 12.1 Å². The van der Waals surface area contributed by atoms with Crippen LogP contribution in [0.25, 0.3) is 10.9 Å². The highest BCUT2D eigenvalue weighted by atomic mass is 16.5. The number of nitrogens with one attached hydrogen (secondary N) is 1. The molecule has 0 aliphatic carbocycles. The Hall–Kier alpha value is -2.17. The average Bonchev–Trinajstić information content (AvgIpc) is 2.69. The molecule has 1 N–H and O–H groups in total. The molecule has 0 bridgehead atoms. The number of rotatable bonds is 3. The number of fused-ring (bicyclic) bond motifs is 1. The lowest BCUT2D eigenvalue weighted by molar-refractivity contribution is -0.142. The fourth-order valence-corrected chi connectivity index (χ4v) is 1.60. The number of aromatic amines is 1. The van der Waals surface area contributed by atoms with E-state index in [1.54, 1.807) is 6.07 Å². The van der Waals surface area contributed by atoms with Crippen molar-refractivity contribution >= 4 is 22.7 Å². The third-order valence-electron chi connectivity index (χ3n) is 2.40. The Bertz CT molecular complexity index is 586. The largest absolute Gasteiger partial charge is 0.461 e. The van der Waals surface area contributed by atoms with Gasteiger partial charge in [-0.3, -0.25) is 14.7 Å². The Morgan fingerprint density at radius 1 is 1.35 bits per heavy atom. The van der Waals surface area contributed by atoms with Gasteiger partial charge in [0.15, 0.2) is 5.78 Å². The standard InChI is InChI=1S/C12H12N2O3/c1-7(15)12-10-5-9(6-17-8(2)16)3-4-11(10)13-14-12/h3-5H,6H2,1-2H3,(H,13,14). The molecule has 0 saturated heterocycles. The lowest BCUT2D eigenvalue weighted by Crippen LogP contribution is -1.99. The van der Waals surface area contributed by atoms with Crippen LogP contribution in [0.4, 0.5) is 0 Å². The lowest BCUT2D eigenvalue weighted by Gasteiger charge is -2.02. The summed E-state index contributed by atoms with van der Waals surface area (Å²) >= 11 is 0. The molecular formula is C12H12N2O3. The van der Waals surface area contributed by atoms with E-state index in [0.717, 1.165) is 16.5 Å². The first-order chi connectivity index (χ1) is 8.08. The fourth-order valence-electron chi connectivity index (χ4n) is 1.60. The molecule has 0 radical (unpaired) electrons. The number of carbonyl (C=O) groups is 2. The number of Topliss-reactive ketones (excluding diaryl/α,β-unsaturated/α-hetero) is 1. The van der Waals surface area contributed by atoms with Gasteiger partial charge in [-0.2, -0.15) is 5.10 Å². The van der Waals surface area contributed by atoms with Gasteiger partial charge < -0.3 is 4.74 Å². The Balaban J connectivity index is 2.37. The average molecular weight is 232 g/mol. The van der Waals surface area contributed by atoms with Crippen molar-refractivity contribution in [2.45, 2.75) is 20.5 Å². The third-order valence-corrected chi connectivity index (χ3v) is 2.40. The number of carbonyl (C=O) groups excluding carboxylic acids is 2. The van der Waals surface area contributed by atoms with E-state index < -0.39 is 0 Å². The van der Waals surface area contributed by atoms with E-state index >= 15 is 0 Å². The lowest BCUT2D eigenvalue weighted by atomic mass is 10.1. The Kier molecular flexibility index (Phi) is 2.91. The molecule has 0 fully saturated rings. The predicted octanol–water partition coefficient (Wildman–Crippen LogP) is 1.83. The van der Waals surface area contributed by atoms with E-state index in [2.05, 4.69) is 10.2 Å². The smallest absolute Gasteiger partial charge is 0.302 e. The van der Waals surface area contributed by atoms with Crippen LogP contribution in [0.1, 0.15) is 29.9 Å². The van der Waals surface area contributed by atoms with Crippen LogP contribution in [0.15, 0.2) is 18.2 Å². The minimum absolute atomic E-state index is 0.0964. The molecule has 2 rings (SSSR count). The predicted molar refractivity (Wildman–Crippen MR) is 61.6 cm³/mol. The molecule has 1 aromatic heterocycles. The second-order valence-corrected chi connectivity index (χ2v) is 3.79. The number of H-pyrrole nitrogens is 1. The molecule has 88 valence electrons. The van der Waals surface area contributed by atoms with Crippen LogP contribution in [0.3, 0.4) is 0 Å². The van der Waals surface area contributed by atoms with Gasteiger partial charge in [-0.1, -0.05) is 6.07 Å². The molecule has 0 aliphatic heterocycles. The van der Waals surface area contributed by atoms with Crippen LogP contribution >= 0.6 is 0 Å². The molecule has 5 heteroatoms. The number of aromatic nitrogens is 2. The minimum atomic E-state index is -0.330. The second kappa shape index (κ2) is 4.37. The Morgan fingerprint density at radius 2 is 2.12 bits per heavy atom. The van der Waals surface area contributed by atoms with Gasteiger partial charge in [-0.05, 0) is 17.7 Å². The summed E-state index contributed by atoms with van der Waals surface area (Å²) in [5, 5.41) is 7.48. The summed E-state index contributed by atoms with van der Waals surface area (Å²) in [6.07, 6.45) is 0. The van der Waals surface area contributed by atoms with Gasteiger partial charge in [0.25, 0.3) is 0 Å². The first-order valence-electron chi connectivity index (χ1n) is 5.19. The Labute approximate surface area is 97.8 Å². The van der Waals surface area contributed by atoms with Gasteiger partial charge in [0.2, 0.25) is 0 Å². The van der Waals surface area contributed by atoms with Crippen LogP contribution in [-0.4, -0.2) is 21.9 Å². The van der Waals surface area contributed by atoms with Crippen molar-refractivity contribution in [3.05, 3.63) is 29.5 Å². The van der Waals surface area contributed by atoms with Crippen molar-refractivity contribution < 1.29 is 14.3 Å². The van der Waals surface area contributed by atoms with Crippen LogP contribution in [0.5, 0.6) is 0 Å². The zero-order valence-corrected chi connectivity index (χ0v) is 9.61. The van der Waals surface area contributed by atoms with Crippen LogP contribution in [0.2, 0.25) is 0 Å². The van der Waals surface area contributed by atoms with Gasteiger partial charge >= 0.3 is 5.97 Å². The summed E-state index contributed by atoms with van der Waals surface area (Å²) in [7, 11) is 0. The number of hydrogen-bond acceptors (Lipinski definition) is 4. The zero-order valence-electron chi connectivity index (χ0n) is 9.61. The normalized spacial score (nSPS) is 10.5. The van der Waals surface area contributed by atoms with E-state index in [-0.39, 0.29) is 18.4 Å². The summed E-state index contributed by atoms with van der Waals surface area (Å²) in [5.74, 6) is -0.426. The number of nitrogens with zero attached hydrogens (tertiary/aromatic N) is 1. The van der Waals surface area contributed by atoms with Crippen LogP contribution < -0.4 is 0 Å². The van der Waals surface area contributed by atoms with Crippen molar-refractivity contribution in [2.24, 2.45) is 0 Å². The molecule has 0 unspecified atom stereocenters. The Morgan fingerprint density at radius 3 is 2.76 bits per heavy atom. The highest BCUT2D eigenvalue weighted by Gasteiger charge is 2.10. The van der Waals surface area contributed by atoms with E-state index in [1.165, 1.54) is 13.8 Å². The van der Waals surface area contributed by atoms with Gasteiger partial charge in [0.1, 0.15) is 12.3 Å². The molecule has 5 nitrogen and oxygen atoms in total. The van der Waals surface area contributed by atoms with E-state index in [0.29, 0.717) is 5.69 Å². The molecule has 0 atom stereocenters.